The molecule has 1 saturated carbocycles. The van der Waals surface area contributed by atoms with Crippen molar-refractivity contribution in [2.75, 3.05) is 31.9 Å². The molecule has 2 aliphatic rings. The molecular formula is C26H27F4N5O4S. The van der Waals surface area contributed by atoms with Crippen molar-refractivity contribution >= 4 is 21.8 Å². The van der Waals surface area contributed by atoms with E-state index in [-0.39, 0.29) is 44.9 Å². The lowest BCUT2D eigenvalue weighted by Gasteiger charge is -2.35. The molecule has 2 aromatic carbocycles. The first-order valence-electron chi connectivity index (χ1n) is 12.5. The van der Waals surface area contributed by atoms with Gasteiger partial charge in [0.15, 0.2) is 0 Å². The molecule has 1 heterocycles. The minimum atomic E-state index is -4.96. The summed E-state index contributed by atoms with van der Waals surface area (Å²) in [5.41, 5.74) is -1.24. The van der Waals surface area contributed by atoms with E-state index in [1.807, 2.05) is 6.07 Å². The highest BCUT2D eigenvalue weighted by Crippen LogP contribution is 2.36. The minimum absolute atomic E-state index is 0.0511. The van der Waals surface area contributed by atoms with Gasteiger partial charge in [-0.15, -0.1) is 0 Å². The van der Waals surface area contributed by atoms with Crippen molar-refractivity contribution in [3.05, 3.63) is 71.5 Å². The number of halogens is 4. The Hall–Kier alpha value is -3.54. The van der Waals surface area contributed by atoms with Gasteiger partial charge in [0.25, 0.3) is 5.91 Å². The number of alkyl halides is 3. The Morgan fingerprint density at radius 3 is 2.12 bits per heavy atom. The van der Waals surface area contributed by atoms with Gasteiger partial charge in [0, 0.05) is 31.7 Å². The van der Waals surface area contributed by atoms with Crippen LogP contribution in [-0.4, -0.2) is 79.1 Å². The Kier molecular flexibility index (Phi) is 8.48. The normalized spacial score (nSPS) is 18.8. The third-order valence-corrected chi connectivity index (χ3v) is 8.77. The summed E-state index contributed by atoms with van der Waals surface area (Å²) in [6.45, 7) is -0.124. The maximum atomic E-state index is 14.1. The number of nitrogens with one attached hydrogen (secondary N) is 2. The molecule has 2 atom stereocenters. The van der Waals surface area contributed by atoms with Crippen LogP contribution in [-0.2, 0) is 14.8 Å². The van der Waals surface area contributed by atoms with Crippen LogP contribution >= 0.6 is 0 Å². The van der Waals surface area contributed by atoms with Gasteiger partial charge in [0.1, 0.15) is 23.4 Å². The standard InChI is InChI=1S/C26H27F4N5O4S/c27-20-8-6-18(7-9-20)22(26(28,29)30)32-21(23(36)33-25(17-31)10-11-25)16-40(38,39)35-14-12-34(13-15-35)24(37)19-4-2-1-3-5-19/h1-9,21-22,32H,10-16H2,(H,33,36)/t21-,22-/m0/s1. The molecule has 4 rings (SSSR count). The summed E-state index contributed by atoms with van der Waals surface area (Å²) in [4.78, 5) is 27.3. The van der Waals surface area contributed by atoms with Gasteiger partial charge in [0.05, 0.1) is 11.8 Å². The second-order valence-corrected chi connectivity index (χ2v) is 11.8. The van der Waals surface area contributed by atoms with Gasteiger partial charge >= 0.3 is 6.18 Å². The van der Waals surface area contributed by atoms with E-state index in [4.69, 9.17) is 0 Å². The predicted molar refractivity (Wildman–Crippen MR) is 136 cm³/mol. The molecule has 1 aliphatic carbocycles. The van der Waals surface area contributed by atoms with Crippen LogP contribution in [0.3, 0.4) is 0 Å². The summed E-state index contributed by atoms with van der Waals surface area (Å²) in [5, 5.41) is 13.8. The number of hydrogen-bond acceptors (Lipinski definition) is 6. The number of carbonyl (C=O) groups is 2. The smallest absolute Gasteiger partial charge is 0.336 e. The molecule has 2 fully saturated rings. The van der Waals surface area contributed by atoms with Crippen LogP contribution in [0.4, 0.5) is 17.6 Å². The van der Waals surface area contributed by atoms with Crippen LogP contribution in [0.15, 0.2) is 54.6 Å². The van der Waals surface area contributed by atoms with Crippen molar-refractivity contribution < 1.29 is 35.6 Å². The average molecular weight is 582 g/mol. The number of carbonyl (C=O) groups excluding carboxylic acids is 2. The van der Waals surface area contributed by atoms with Crippen molar-refractivity contribution in [2.24, 2.45) is 0 Å². The molecule has 40 heavy (non-hydrogen) atoms. The third kappa shape index (κ3) is 6.96. The lowest BCUT2D eigenvalue weighted by atomic mass is 10.0. The van der Waals surface area contributed by atoms with Crippen LogP contribution in [0.2, 0.25) is 0 Å². The molecule has 2 amide bonds. The van der Waals surface area contributed by atoms with E-state index in [0.29, 0.717) is 5.56 Å². The fraction of sp³-hybridized carbons (Fsp3) is 0.423. The predicted octanol–water partition coefficient (Wildman–Crippen LogP) is 2.35. The van der Waals surface area contributed by atoms with Crippen LogP contribution < -0.4 is 10.6 Å². The van der Waals surface area contributed by atoms with Gasteiger partial charge in [0.2, 0.25) is 15.9 Å². The minimum Gasteiger partial charge on any atom is -0.336 e. The Bertz CT molecular complexity index is 1370. The van der Waals surface area contributed by atoms with Crippen molar-refractivity contribution in [3.8, 4) is 6.07 Å². The number of piperazine rings is 1. The second kappa shape index (κ2) is 11.5. The lowest BCUT2D eigenvalue weighted by molar-refractivity contribution is -0.160. The first-order valence-corrected chi connectivity index (χ1v) is 14.1. The fourth-order valence-corrected chi connectivity index (χ4v) is 6.00. The van der Waals surface area contributed by atoms with Gasteiger partial charge in [-0.3, -0.25) is 14.9 Å². The topological polar surface area (TPSA) is 123 Å². The number of rotatable bonds is 9. The third-order valence-electron chi connectivity index (χ3n) is 6.86. The first-order chi connectivity index (χ1) is 18.8. The van der Waals surface area contributed by atoms with Gasteiger partial charge in [-0.05, 0) is 42.7 Å². The Labute approximate surface area is 228 Å². The molecule has 0 spiro atoms. The van der Waals surface area contributed by atoms with Crippen LogP contribution in [0, 0.1) is 17.1 Å². The number of benzene rings is 2. The molecule has 14 heteroatoms. The summed E-state index contributed by atoms with van der Waals surface area (Å²) in [6.07, 6.45) is -4.39. The summed E-state index contributed by atoms with van der Waals surface area (Å²) >= 11 is 0. The number of hydrogen-bond donors (Lipinski definition) is 2. The van der Waals surface area contributed by atoms with Crippen molar-refractivity contribution in [2.45, 2.75) is 36.6 Å². The SMILES string of the molecule is N#CC1(NC(=O)[C@H](CS(=O)(=O)N2CCN(C(=O)c3ccccc3)CC2)N[C@@H](c2ccc(F)cc2)C(F)(F)F)CC1. The van der Waals surface area contributed by atoms with E-state index in [2.05, 4.69) is 10.6 Å². The Morgan fingerprint density at radius 2 is 1.60 bits per heavy atom. The molecule has 9 nitrogen and oxygen atoms in total. The molecule has 0 unspecified atom stereocenters. The van der Waals surface area contributed by atoms with E-state index in [1.54, 1.807) is 30.3 Å². The van der Waals surface area contributed by atoms with Crippen LogP contribution in [0.5, 0.6) is 0 Å². The quantitative estimate of drug-likeness (QED) is 0.439. The molecule has 2 N–H and O–H groups in total. The Morgan fingerprint density at radius 1 is 1.00 bits per heavy atom. The fourth-order valence-electron chi connectivity index (χ4n) is 4.40. The molecule has 0 aromatic heterocycles. The average Bonchev–Trinajstić information content (AvgIpc) is 3.70. The lowest BCUT2D eigenvalue weighted by Crippen LogP contribution is -2.57. The van der Waals surface area contributed by atoms with Crippen LogP contribution in [0.1, 0.15) is 34.8 Å². The molecule has 1 aliphatic heterocycles. The van der Waals surface area contributed by atoms with Crippen molar-refractivity contribution in [1.82, 2.24) is 19.8 Å². The Balaban J connectivity index is 1.52. The van der Waals surface area contributed by atoms with E-state index in [1.165, 1.54) is 4.90 Å². The molecule has 214 valence electrons. The highest BCUT2D eigenvalue weighted by atomic mass is 32.2. The van der Waals surface area contributed by atoms with E-state index in [0.717, 1.165) is 28.6 Å². The highest BCUT2D eigenvalue weighted by molar-refractivity contribution is 7.89. The zero-order valence-corrected chi connectivity index (χ0v) is 22.0. The van der Waals surface area contributed by atoms with E-state index < -0.39 is 56.9 Å². The molecule has 0 bridgehead atoms. The van der Waals surface area contributed by atoms with Gasteiger partial charge in [-0.1, -0.05) is 30.3 Å². The second-order valence-electron chi connectivity index (χ2n) is 9.76. The summed E-state index contributed by atoms with van der Waals surface area (Å²) in [5.74, 6) is -3.15. The zero-order valence-electron chi connectivity index (χ0n) is 21.2. The summed E-state index contributed by atoms with van der Waals surface area (Å²) < 4.78 is 83.2. The summed E-state index contributed by atoms with van der Waals surface area (Å²) in [7, 11) is -4.30. The van der Waals surface area contributed by atoms with Crippen molar-refractivity contribution in [1.29, 1.82) is 5.26 Å². The largest absolute Gasteiger partial charge is 0.407 e. The maximum Gasteiger partial charge on any atom is 0.407 e. The first kappa shape index (κ1) is 29.4. The maximum absolute atomic E-state index is 14.1. The number of amides is 2. The number of nitrogens with zero attached hydrogens (tertiary/aromatic N) is 3. The van der Waals surface area contributed by atoms with Gasteiger partial charge in [-0.25, -0.2) is 12.8 Å². The number of nitriles is 1. The van der Waals surface area contributed by atoms with E-state index >= 15 is 0 Å². The highest BCUT2D eigenvalue weighted by Gasteiger charge is 2.48. The van der Waals surface area contributed by atoms with Gasteiger partial charge in [-0.2, -0.15) is 22.7 Å². The molecule has 0 radical (unpaired) electrons. The zero-order chi connectivity index (χ0) is 29.1. The molecular weight excluding hydrogens is 554 g/mol. The molecule has 2 aromatic rings. The van der Waals surface area contributed by atoms with Crippen molar-refractivity contribution in [3.63, 3.8) is 0 Å². The van der Waals surface area contributed by atoms with Gasteiger partial charge < -0.3 is 10.2 Å². The monoisotopic (exact) mass is 581 g/mol. The number of sulfonamides is 1. The molecule has 1 saturated heterocycles. The van der Waals surface area contributed by atoms with Crippen LogP contribution in [0.25, 0.3) is 0 Å². The van der Waals surface area contributed by atoms with E-state index in [9.17, 15) is 40.8 Å². The summed E-state index contributed by atoms with van der Waals surface area (Å²) in [6, 6.07) is 9.36.